The van der Waals surface area contributed by atoms with E-state index in [2.05, 4.69) is 10.6 Å². The lowest BCUT2D eigenvalue weighted by Gasteiger charge is -2.28. The van der Waals surface area contributed by atoms with E-state index in [4.69, 9.17) is 4.74 Å². The highest BCUT2D eigenvalue weighted by Crippen LogP contribution is 2.30. The molecule has 5 heteroatoms. The van der Waals surface area contributed by atoms with Crippen molar-refractivity contribution in [2.75, 3.05) is 13.2 Å². The smallest absolute Gasteiger partial charge is 0.223 e. The molecule has 1 heterocycles. The summed E-state index contributed by atoms with van der Waals surface area (Å²) in [5.74, 6) is 0.551. The molecule has 1 saturated heterocycles. The Balaban J connectivity index is 1.35. The zero-order valence-corrected chi connectivity index (χ0v) is 14.0. The highest BCUT2D eigenvalue weighted by molar-refractivity contribution is 5.81. The fourth-order valence-electron chi connectivity index (χ4n) is 4.17. The molecule has 2 saturated carbocycles. The predicted molar refractivity (Wildman–Crippen MR) is 87.8 cm³/mol. The minimum absolute atomic E-state index is 0.0759. The van der Waals surface area contributed by atoms with E-state index in [1.807, 2.05) is 0 Å². The van der Waals surface area contributed by atoms with E-state index >= 15 is 0 Å². The van der Waals surface area contributed by atoms with Crippen molar-refractivity contribution in [3.63, 3.8) is 0 Å². The first-order chi connectivity index (χ1) is 11.2. The van der Waals surface area contributed by atoms with Gasteiger partial charge in [0.25, 0.3) is 0 Å². The Morgan fingerprint density at radius 2 is 1.48 bits per heavy atom. The van der Waals surface area contributed by atoms with Gasteiger partial charge in [0.1, 0.15) is 0 Å². The first-order valence-corrected chi connectivity index (χ1v) is 9.42. The molecule has 0 radical (unpaired) electrons. The standard InChI is InChI=1S/C18H30N2O3/c21-17(19-12-16-6-3-11-23-16)13-7-9-14(10-8-13)18(22)20-15-4-1-2-5-15/h13-16H,1-12H2,(H,19,21)(H,20,22). The summed E-state index contributed by atoms with van der Waals surface area (Å²) < 4.78 is 5.53. The van der Waals surface area contributed by atoms with Gasteiger partial charge in [0.15, 0.2) is 0 Å². The van der Waals surface area contributed by atoms with Crippen LogP contribution in [0.3, 0.4) is 0 Å². The second kappa shape index (κ2) is 8.13. The van der Waals surface area contributed by atoms with Crippen molar-refractivity contribution >= 4 is 11.8 Å². The molecule has 0 aromatic rings. The molecule has 23 heavy (non-hydrogen) atoms. The topological polar surface area (TPSA) is 67.4 Å². The van der Waals surface area contributed by atoms with Gasteiger partial charge in [-0.2, -0.15) is 0 Å². The Labute approximate surface area is 138 Å². The molecule has 0 spiro atoms. The molecule has 2 N–H and O–H groups in total. The Hall–Kier alpha value is -1.10. The highest BCUT2D eigenvalue weighted by atomic mass is 16.5. The van der Waals surface area contributed by atoms with Crippen molar-refractivity contribution in [3.8, 4) is 0 Å². The van der Waals surface area contributed by atoms with E-state index in [0.717, 1.165) is 58.0 Å². The number of carbonyl (C=O) groups excluding carboxylic acids is 2. The van der Waals surface area contributed by atoms with E-state index in [9.17, 15) is 9.59 Å². The maximum atomic E-state index is 12.3. The lowest BCUT2D eigenvalue weighted by atomic mass is 9.81. The average Bonchev–Trinajstić information content (AvgIpc) is 3.26. The van der Waals surface area contributed by atoms with Crippen LogP contribution in [0.1, 0.15) is 64.2 Å². The summed E-state index contributed by atoms with van der Waals surface area (Å²) in [6.45, 7) is 1.46. The van der Waals surface area contributed by atoms with E-state index in [-0.39, 0.29) is 29.8 Å². The first kappa shape index (κ1) is 16.7. The van der Waals surface area contributed by atoms with Gasteiger partial charge >= 0.3 is 0 Å². The minimum atomic E-state index is 0.0759. The second-order valence-electron chi connectivity index (χ2n) is 7.42. The van der Waals surface area contributed by atoms with Crippen molar-refractivity contribution in [3.05, 3.63) is 0 Å². The lowest BCUT2D eigenvalue weighted by Crippen LogP contribution is -2.41. The Morgan fingerprint density at radius 3 is 2.09 bits per heavy atom. The van der Waals surface area contributed by atoms with Crippen molar-refractivity contribution in [1.82, 2.24) is 10.6 Å². The molecular weight excluding hydrogens is 292 g/mol. The third-order valence-corrected chi connectivity index (χ3v) is 5.70. The number of hydrogen-bond donors (Lipinski definition) is 2. The number of ether oxygens (including phenoxy) is 1. The number of rotatable bonds is 5. The zero-order chi connectivity index (χ0) is 16.1. The highest BCUT2D eigenvalue weighted by Gasteiger charge is 2.31. The lowest BCUT2D eigenvalue weighted by molar-refractivity contribution is -0.131. The van der Waals surface area contributed by atoms with Gasteiger partial charge in [-0.1, -0.05) is 12.8 Å². The number of carbonyl (C=O) groups is 2. The Bertz CT molecular complexity index is 406. The summed E-state index contributed by atoms with van der Waals surface area (Å²) in [5, 5.41) is 6.23. The molecule has 1 aliphatic heterocycles. The van der Waals surface area contributed by atoms with Gasteiger partial charge in [-0.3, -0.25) is 9.59 Å². The number of hydrogen-bond acceptors (Lipinski definition) is 3. The first-order valence-electron chi connectivity index (χ1n) is 9.42. The second-order valence-corrected chi connectivity index (χ2v) is 7.42. The summed E-state index contributed by atoms with van der Waals surface area (Å²) in [6, 6.07) is 0.398. The van der Waals surface area contributed by atoms with Crippen LogP contribution in [0.4, 0.5) is 0 Å². The molecular formula is C18H30N2O3. The van der Waals surface area contributed by atoms with Crippen LogP contribution in [-0.2, 0) is 14.3 Å². The van der Waals surface area contributed by atoms with Gasteiger partial charge in [0.05, 0.1) is 6.10 Å². The van der Waals surface area contributed by atoms with Crippen LogP contribution in [0.5, 0.6) is 0 Å². The maximum Gasteiger partial charge on any atom is 0.223 e. The monoisotopic (exact) mass is 322 g/mol. The molecule has 130 valence electrons. The van der Waals surface area contributed by atoms with Gasteiger partial charge < -0.3 is 15.4 Å². The molecule has 0 aromatic heterocycles. The van der Waals surface area contributed by atoms with Crippen LogP contribution < -0.4 is 10.6 Å². The largest absolute Gasteiger partial charge is 0.376 e. The number of nitrogens with one attached hydrogen (secondary N) is 2. The van der Waals surface area contributed by atoms with Crippen molar-refractivity contribution in [1.29, 1.82) is 0 Å². The third kappa shape index (κ3) is 4.69. The van der Waals surface area contributed by atoms with E-state index in [1.54, 1.807) is 0 Å². The summed E-state index contributed by atoms with van der Waals surface area (Å²) in [4.78, 5) is 24.5. The van der Waals surface area contributed by atoms with Crippen LogP contribution in [-0.4, -0.2) is 37.1 Å². The van der Waals surface area contributed by atoms with Crippen LogP contribution in [0.25, 0.3) is 0 Å². The SMILES string of the molecule is O=C(NCC1CCCO1)C1CCC(C(=O)NC2CCCC2)CC1. The zero-order valence-electron chi connectivity index (χ0n) is 14.0. The minimum Gasteiger partial charge on any atom is -0.376 e. The van der Waals surface area contributed by atoms with Crippen LogP contribution >= 0.6 is 0 Å². The molecule has 0 bridgehead atoms. The van der Waals surface area contributed by atoms with Crippen LogP contribution in [0.2, 0.25) is 0 Å². The molecule has 1 atom stereocenters. The molecule has 3 rings (SSSR count). The van der Waals surface area contributed by atoms with Gasteiger partial charge in [0, 0.05) is 31.0 Å². The summed E-state index contributed by atoms with van der Waals surface area (Å²) in [5.41, 5.74) is 0. The average molecular weight is 322 g/mol. The van der Waals surface area contributed by atoms with Crippen LogP contribution in [0.15, 0.2) is 0 Å². The van der Waals surface area contributed by atoms with Crippen molar-refractivity contribution in [2.24, 2.45) is 11.8 Å². The Kier molecular flexibility index (Phi) is 5.92. The summed E-state index contributed by atoms with van der Waals surface area (Å²) in [6.07, 6.45) is 10.4. The van der Waals surface area contributed by atoms with E-state index < -0.39 is 0 Å². The van der Waals surface area contributed by atoms with Crippen molar-refractivity contribution < 1.29 is 14.3 Å². The van der Waals surface area contributed by atoms with Gasteiger partial charge in [-0.25, -0.2) is 0 Å². The maximum absolute atomic E-state index is 12.3. The predicted octanol–water partition coefficient (Wildman–Crippen LogP) is 2.15. The van der Waals surface area contributed by atoms with Crippen molar-refractivity contribution in [2.45, 2.75) is 76.4 Å². The molecule has 2 aliphatic carbocycles. The molecule has 2 amide bonds. The molecule has 3 aliphatic rings. The van der Waals surface area contributed by atoms with Gasteiger partial charge in [0.2, 0.25) is 11.8 Å². The summed E-state index contributed by atoms with van der Waals surface area (Å²) >= 11 is 0. The van der Waals surface area contributed by atoms with Gasteiger partial charge in [-0.05, 0) is 51.4 Å². The van der Waals surface area contributed by atoms with E-state index in [1.165, 1.54) is 12.8 Å². The fourth-order valence-corrected chi connectivity index (χ4v) is 4.17. The summed E-state index contributed by atoms with van der Waals surface area (Å²) in [7, 11) is 0. The normalized spacial score (nSPS) is 31.9. The van der Waals surface area contributed by atoms with E-state index in [0.29, 0.717) is 12.6 Å². The third-order valence-electron chi connectivity index (χ3n) is 5.70. The number of amides is 2. The fraction of sp³-hybridized carbons (Fsp3) is 0.889. The molecule has 1 unspecified atom stereocenters. The Morgan fingerprint density at radius 1 is 0.826 bits per heavy atom. The van der Waals surface area contributed by atoms with Crippen LogP contribution in [0, 0.1) is 11.8 Å². The quantitative estimate of drug-likeness (QED) is 0.815. The van der Waals surface area contributed by atoms with Gasteiger partial charge in [-0.15, -0.1) is 0 Å². The molecule has 5 nitrogen and oxygen atoms in total. The molecule has 3 fully saturated rings. The molecule has 0 aromatic carbocycles.